The second-order valence-corrected chi connectivity index (χ2v) is 9.87. The maximum atomic E-state index is 13.0. The van der Waals surface area contributed by atoms with E-state index in [2.05, 4.69) is 9.71 Å². The molecule has 0 saturated heterocycles. The molecule has 1 aromatic heterocycles. The van der Waals surface area contributed by atoms with Crippen LogP contribution in [0.5, 0.6) is 0 Å². The van der Waals surface area contributed by atoms with Gasteiger partial charge in [-0.3, -0.25) is 4.79 Å². The second kappa shape index (κ2) is 7.62. The van der Waals surface area contributed by atoms with Crippen LogP contribution in [0.25, 0.3) is 5.69 Å². The Morgan fingerprint density at radius 3 is 2.71 bits per heavy atom. The van der Waals surface area contributed by atoms with Gasteiger partial charge in [0.1, 0.15) is 5.82 Å². The van der Waals surface area contributed by atoms with Crippen molar-refractivity contribution in [2.75, 3.05) is 11.4 Å². The molecule has 1 aliphatic heterocycles. The second-order valence-electron chi connectivity index (χ2n) is 8.10. The van der Waals surface area contributed by atoms with Gasteiger partial charge in [0.25, 0.3) is 0 Å². The van der Waals surface area contributed by atoms with Gasteiger partial charge in [-0.25, -0.2) is 18.1 Å². The minimum absolute atomic E-state index is 0.148. The number of anilines is 1. The van der Waals surface area contributed by atoms with E-state index in [-0.39, 0.29) is 23.3 Å². The normalized spacial score (nSPS) is 15.8. The van der Waals surface area contributed by atoms with Crippen molar-refractivity contribution in [3.8, 4) is 5.69 Å². The number of amides is 1. The zero-order valence-corrected chi connectivity index (χ0v) is 18.1. The molecule has 1 aliphatic carbocycles. The van der Waals surface area contributed by atoms with Crippen LogP contribution in [0.1, 0.15) is 29.8 Å². The molecule has 1 saturated carbocycles. The molecule has 0 radical (unpaired) electrons. The molecule has 1 amide bonds. The lowest BCUT2D eigenvalue weighted by molar-refractivity contribution is -0.119. The van der Waals surface area contributed by atoms with Gasteiger partial charge in [0.15, 0.2) is 0 Å². The summed E-state index contributed by atoms with van der Waals surface area (Å²) in [6.07, 6.45) is 6.18. The van der Waals surface area contributed by atoms with E-state index >= 15 is 0 Å². The molecule has 31 heavy (non-hydrogen) atoms. The Morgan fingerprint density at radius 2 is 1.97 bits per heavy atom. The molecule has 5 rings (SSSR count). The molecule has 2 aliphatic rings. The summed E-state index contributed by atoms with van der Waals surface area (Å²) in [7, 11) is -3.70. The zero-order valence-electron chi connectivity index (χ0n) is 17.3. The summed E-state index contributed by atoms with van der Waals surface area (Å²) in [5, 5.41) is 0. The topological polar surface area (TPSA) is 84.3 Å². The summed E-state index contributed by atoms with van der Waals surface area (Å²) in [5.74, 6) is 1.15. The van der Waals surface area contributed by atoms with Crippen LogP contribution in [0, 0.1) is 12.8 Å². The molecule has 0 spiro atoms. The van der Waals surface area contributed by atoms with Gasteiger partial charge in [0.05, 0.1) is 10.6 Å². The van der Waals surface area contributed by atoms with Gasteiger partial charge in [-0.1, -0.05) is 18.2 Å². The van der Waals surface area contributed by atoms with Crippen molar-refractivity contribution in [2.45, 2.75) is 37.6 Å². The lowest BCUT2D eigenvalue weighted by Gasteiger charge is -2.17. The molecule has 0 bridgehead atoms. The number of rotatable bonds is 6. The van der Waals surface area contributed by atoms with Crippen molar-refractivity contribution < 1.29 is 13.2 Å². The Morgan fingerprint density at radius 1 is 1.16 bits per heavy atom. The SMILES string of the molecule is Cc1nccn1-c1ccccc1CNS(=O)(=O)c1ccc2c(c1)CCN2C(=O)C1CC1. The number of aryl methyl sites for hydroxylation is 1. The molecule has 1 fully saturated rings. The van der Waals surface area contributed by atoms with Gasteiger partial charge in [0, 0.05) is 37.1 Å². The number of nitrogens with one attached hydrogen (secondary N) is 1. The summed E-state index contributed by atoms with van der Waals surface area (Å²) in [6, 6.07) is 12.7. The van der Waals surface area contributed by atoms with Crippen LogP contribution >= 0.6 is 0 Å². The van der Waals surface area contributed by atoms with E-state index in [0.29, 0.717) is 13.0 Å². The van der Waals surface area contributed by atoms with Crippen LogP contribution in [0.3, 0.4) is 0 Å². The van der Waals surface area contributed by atoms with Crippen molar-refractivity contribution in [3.63, 3.8) is 0 Å². The average Bonchev–Trinajstić information content (AvgIpc) is 3.40. The highest BCUT2D eigenvalue weighted by molar-refractivity contribution is 7.89. The summed E-state index contributed by atoms with van der Waals surface area (Å²) < 4.78 is 30.6. The van der Waals surface area contributed by atoms with Crippen molar-refractivity contribution in [3.05, 3.63) is 71.8 Å². The number of hydrogen-bond donors (Lipinski definition) is 1. The van der Waals surface area contributed by atoms with Gasteiger partial charge >= 0.3 is 0 Å². The standard InChI is InChI=1S/C23H24N4O3S/c1-16-24-11-13-26(16)21-5-3-2-4-19(21)15-25-31(29,30)20-8-9-22-18(14-20)10-12-27(22)23(28)17-6-7-17/h2-5,8-9,11,13-14,17,25H,6-7,10,12,15H2,1H3. The summed E-state index contributed by atoms with van der Waals surface area (Å²) in [6.45, 7) is 2.70. The smallest absolute Gasteiger partial charge is 0.240 e. The van der Waals surface area contributed by atoms with Crippen LogP contribution < -0.4 is 9.62 Å². The largest absolute Gasteiger partial charge is 0.312 e. The van der Waals surface area contributed by atoms with Gasteiger partial charge in [-0.15, -0.1) is 0 Å². The molecule has 1 N–H and O–H groups in total. The Kier molecular flexibility index (Phi) is 4.91. The highest BCUT2D eigenvalue weighted by Gasteiger charge is 2.36. The molecule has 3 aromatic rings. The molecule has 8 heteroatoms. The number of fused-ring (bicyclic) bond motifs is 1. The van der Waals surface area contributed by atoms with Crippen molar-refractivity contribution in [1.29, 1.82) is 0 Å². The third kappa shape index (κ3) is 3.77. The summed E-state index contributed by atoms with van der Waals surface area (Å²) >= 11 is 0. The number of carbonyl (C=O) groups excluding carboxylic acids is 1. The quantitative estimate of drug-likeness (QED) is 0.644. The molecule has 0 atom stereocenters. The Labute approximate surface area is 181 Å². The predicted molar refractivity (Wildman–Crippen MR) is 118 cm³/mol. The molecule has 160 valence electrons. The predicted octanol–water partition coefficient (Wildman–Crippen LogP) is 2.96. The third-order valence-corrected chi connectivity index (χ3v) is 7.38. The number of benzene rings is 2. The third-order valence-electron chi connectivity index (χ3n) is 5.98. The number of para-hydroxylation sites is 1. The highest BCUT2D eigenvalue weighted by Crippen LogP contribution is 2.37. The fraction of sp³-hybridized carbons (Fsp3) is 0.304. The fourth-order valence-corrected chi connectivity index (χ4v) is 5.17. The van der Waals surface area contributed by atoms with Gasteiger partial charge < -0.3 is 9.47 Å². The fourth-order valence-electron chi connectivity index (χ4n) is 4.11. The van der Waals surface area contributed by atoms with Gasteiger partial charge in [-0.05, 0) is 61.6 Å². The van der Waals surface area contributed by atoms with Crippen molar-refractivity contribution >= 4 is 21.6 Å². The number of nitrogens with zero attached hydrogens (tertiary/aromatic N) is 3. The van der Waals surface area contributed by atoms with Crippen molar-refractivity contribution in [2.24, 2.45) is 5.92 Å². The summed E-state index contributed by atoms with van der Waals surface area (Å²) in [4.78, 5) is 18.7. The van der Waals surface area contributed by atoms with E-state index < -0.39 is 10.0 Å². The zero-order chi connectivity index (χ0) is 21.6. The van der Waals surface area contributed by atoms with Crippen LogP contribution in [-0.4, -0.2) is 30.4 Å². The Hall–Kier alpha value is -2.97. The Balaban J connectivity index is 1.36. The number of aromatic nitrogens is 2. The average molecular weight is 437 g/mol. The van der Waals surface area contributed by atoms with Gasteiger partial charge in [0.2, 0.25) is 15.9 Å². The molecular formula is C23H24N4O3S. The maximum Gasteiger partial charge on any atom is 0.240 e. The number of hydrogen-bond acceptors (Lipinski definition) is 4. The molecule has 7 nitrogen and oxygen atoms in total. The van der Waals surface area contributed by atoms with E-state index in [4.69, 9.17) is 0 Å². The number of carbonyl (C=O) groups is 1. The van der Waals surface area contributed by atoms with Crippen LogP contribution in [0.15, 0.2) is 59.8 Å². The van der Waals surface area contributed by atoms with E-state index in [1.165, 1.54) is 0 Å². The minimum atomic E-state index is -3.70. The first-order chi connectivity index (χ1) is 14.9. The van der Waals surface area contributed by atoms with Crippen LogP contribution in [0.2, 0.25) is 0 Å². The first-order valence-corrected chi connectivity index (χ1v) is 11.9. The summed E-state index contributed by atoms with van der Waals surface area (Å²) in [5.41, 5.74) is 3.50. The Bertz CT molecular complexity index is 1260. The minimum Gasteiger partial charge on any atom is -0.312 e. The number of imidazole rings is 1. The lowest BCUT2D eigenvalue weighted by Crippen LogP contribution is -2.30. The highest BCUT2D eigenvalue weighted by atomic mass is 32.2. The van der Waals surface area contributed by atoms with E-state index in [9.17, 15) is 13.2 Å². The van der Waals surface area contributed by atoms with E-state index in [1.54, 1.807) is 29.3 Å². The van der Waals surface area contributed by atoms with E-state index in [0.717, 1.165) is 41.2 Å². The first-order valence-electron chi connectivity index (χ1n) is 10.5. The molecule has 0 unspecified atom stereocenters. The molecule has 2 heterocycles. The maximum absolute atomic E-state index is 13.0. The molecular weight excluding hydrogens is 412 g/mol. The monoisotopic (exact) mass is 436 g/mol. The number of sulfonamides is 1. The van der Waals surface area contributed by atoms with Crippen LogP contribution in [-0.2, 0) is 27.8 Å². The van der Waals surface area contributed by atoms with Crippen LogP contribution in [0.4, 0.5) is 5.69 Å². The van der Waals surface area contributed by atoms with Gasteiger partial charge in [-0.2, -0.15) is 0 Å². The first kappa shape index (κ1) is 20.0. The van der Waals surface area contributed by atoms with Crippen molar-refractivity contribution in [1.82, 2.24) is 14.3 Å². The lowest BCUT2D eigenvalue weighted by atomic mass is 10.2. The van der Waals surface area contributed by atoms with E-state index in [1.807, 2.05) is 42.0 Å². The molecule has 2 aromatic carbocycles.